The van der Waals surface area contributed by atoms with E-state index in [9.17, 15) is 18.0 Å². The van der Waals surface area contributed by atoms with Gasteiger partial charge in [-0.3, -0.25) is 4.79 Å². The van der Waals surface area contributed by atoms with Crippen molar-refractivity contribution in [3.63, 3.8) is 0 Å². The van der Waals surface area contributed by atoms with Crippen LogP contribution in [-0.4, -0.2) is 18.7 Å². The minimum absolute atomic E-state index is 0.0683. The van der Waals surface area contributed by atoms with Gasteiger partial charge in [0.25, 0.3) is 0 Å². The SMILES string of the molecule is O=C(NCc1cccc(OCC(F)(F)F)c1)[C@H]1C[C@H]2CC[C@H]1C2. The van der Waals surface area contributed by atoms with Crippen LogP contribution in [0.3, 0.4) is 0 Å². The molecule has 0 unspecified atom stereocenters. The number of benzene rings is 1. The predicted molar refractivity (Wildman–Crippen MR) is 78.8 cm³/mol. The summed E-state index contributed by atoms with van der Waals surface area (Å²) in [5.41, 5.74) is 0.737. The van der Waals surface area contributed by atoms with Gasteiger partial charge in [0.15, 0.2) is 6.61 Å². The number of amides is 1. The number of halogens is 3. The third kappa shape index (κ3) is 4.18. The fourth-order valence-electron chi connectivity index (χ4n) is 3.80. The summed E-state index contributed by atoms with van der Waals surface area (Å²) >= 11 is 0. The Morgan fingerprint density at radius 3 is 2.74 bits per heavy atom. The molecule has 2 bridgehead atoms. The van der Waals surface area contributed by atoms with Gasteiger partial charge >= 0.3 is 6.18 Å². The number of ether oxygens (including phenoxy) is 1. The maximum Gasteiger partial charge on any atom is 0.422 e. The summed E-state index contributed by atoms with van der Waals surface area (Å²) in [7, 11) is 0. The van der Waals surface area contributed by atoms with Gasteiger partial charge in [0.2, 0.25) is 5.91 Å². The zero-order chi connectivity index (χ0) is 16.4. The molecule has 1 N–H and O–H groups in total. The third-order valence-electron chi connectivity index (χ3n) is 4.84. The lowest BCUT2D eigenvalue weighted by molar-refractivity contribution is -0.153. The van der Waals surface area contributed by atoms with E-state index in [1.54, 1.807) is 12.1 Å². The average molecular weight is 327 g/mol. The van der Waals surface area contributed by atoms with E-state index in [1.165, 1.54) is 25.0 Å². The second-order valence-corrected chi connectivity index (χ2v) is 6.55. The number of hydrogen-bond donors (Lipinski definition) is 1. The molecule has 6 heteroatoms. The van der Waals surface area contributed by atoms with E-state index in [2.05, 4.69) is 5.32 Å². The van der Waals surface area contributed by atoms with E-state index in [0.717, 1.165) is 18.4 Å². The highest BCUT2D eigenvalue weighted by atomic mass is 19.4. The molecule has 0 spiro atoms. The first-order chi connectivity index (χ1) is 10.9. The Morgan fingerprint density at radius 1 is 1.26 bits per heavy atom. The van der Waals surface area contributed by atoms with Crippen LogP contribution in [0, 0.1) is 17.8 Å². The number of carbonyl (C=O) groups is 1. The van der Waals surface area contributed by atoms with Crippen molar-refractivity contribution in [2.45, 2.75) is 38.4 Å². The summed E-state index contributed by atoms with van der Waals surface area (Å²) in [4.78, 5) is 12.3. The second-order valence-electron chi connectivity index (χ2n) is 6.55. The maximum absolute atomic E-state index is 12.3. The quantitative estimate of drug-likeness (QED) is 0.896. The van der Waals surface area contributed by atoms with E-state index in [1.807, 2.05) is 0 Å². The lowest BCUT2D eigenvalue weighted by atomic mass is 9.88. The molecule has 0 aliphatic heterocycles. The predicted octanol–water partition coefficient (Wildman–Crippen LogP) is 3.68. The molecule has 1 aromatic carbocycles. The molecule has 3 nitrogen and oxygen atoms in total. The summed E-state index contributed by atoms with van der Waals surface area (Å²) in [6, 6.07) is 6.41. The zero-order valence-electron chi connectivity index (χ0n) is 12.7. The van der Waals surface area contributed by atoms with Crippen LogP contribution in [-0.2, 0) is 11.3 Å². The number of carbonyl (C=O) groups excluding carboxylic acids is 1. The molecule has 0 aromatic heterocycles. The van der Waals surface area contributed by atoms with Crippen LogP contribution in [0.5, 0.6) is 5.75 Å². The normalized spacial score (nSPS) is 26.3. The summed E-state index contributed by atoms with van der Waals surface area (Å²) in [5, 5.41) is 2.91. The zero-order valence-corrected chi connectivity index (χ0v) is 12.7. The molecule has 0 heterocycles. The molecule has 2 fully saturated rings. The molecule has 126 valence electrons. The highest BCUT2D eigenvalue weighted by molar-refractivity contribution is 5.79. The summed E-state index contributed by atoms with van der Waals surface area (Å²) < 4.78 is 41.2. The molecule has 1 aromatic rings. The average Bonchev–Trinajstić information content (AvgIpc) is 3.13. The summed E-state index contributed by atoms with van der Waals surface area (Å²) in [6.07, 6.45) is 0.173. The van der Waals surface area contributed by atoms with Gasteiger partial charge < -0.3 is 10.1 Å². The Labute approximate surface area is 133 Å². The van der Waals surface area contributed by atoms with Crippen molar-refractivity contribution in [1.29, 1.82) is 0 Å². The topological polar surface area (TPSA) is 38.3 Å². The van der Waals surface area contributed by atoms with E-state index in [4.69, 9.17) is 4.74 Å². The molecule has 3 atom stereocenters. The fraction of sp³-hybridized carbons (Fsp3) is 0.588. The molecule has 0 saturated heterocycles. The number of fused-ring (bicyclic) bond motifs is 2. The highest BCUT2D eigenvalue weighted by Gasteiger charge is 2.42. The van der Waals surface area contributed by atoms with Crippen molar-refractivity contribution < 1.29 is 22.7 Å². The molecule has 2 aliphatic rings. The van der Waals surface area contributed by atoms with E-state index in [0.29, 0.717) is 18.4 Å². The van der Waals surface area contributed by atoms with Gasteiger partial charge in [-0.15, -0.1) is 0 Å². The Bertz CT molecular complexity index is 573. The van der Waals surface area contributed by atoms with Crippen molar-refractivity contribution in [3.8, 4) is 5.75 Å². The summed E-state index contributed by atoms with van der Waals surface area (Å²) in [6.45, 7) is -0.996. The molecule has 3 rings (SSSR count). The van der Waals surface area contributed by atoms with Crippen LogP contribution < -0.4 is 10.1 Å². The van der Waals surface area contributed by atoms with E-state index >= 15 is 0 Å². The minimum Gasteiger partial charge on any atom is -0.484 e. The maximum atomic E-state index is 12.3. The number of alkyl halides is 3. The smallest absolute Gasteiger partial charge is 0.422 e. The molecular weight excluding hydrogens is 307 g/mol. The van der Waals surface area contributed by atoms with Crippen LogP contribution in [0.1, 0.15) is 31.2 Å². The van der Waals surface area contributed by atoms with Gasteiger partial charge in [-0.05, 0) is 48.8 Å². The standard InChI is InChI=1S/C17H20F3NO2/c18-17(19,20)10-23-14-3-1-2-12(7-14)9-21-16(22)15-8-11-4-5-13(15)6-11/h1-3,7,11,13,15H,4-6,8-10H2,(H,21,22)/t11-,13-,15-/m0/s1. The Morgan fingerprint density at radius 2 is 2.09 bits per heavy atom. The van der Waals surface area contributed by atoms with Gasteiger partial charge in [-0.1, -0.05) is 18.6 Å². The van der Waals surface area contributed by atoms with Crippen molar-refractivity contribution in [1.82, 2.24) is 5.32 Å². The van der Waals surface area contributed by atoms with Crippen molar-refractivity contribution in [3.05, 3.63) is 29.8 Å². The first-order valence-corrected chi connectivity index (χ1v) is 7.97. The van der Waals surface area contributed by atoms with Crippen LogP contribution in [0.25, 0.3) is 0 Å². The lowest BCUT2D eigenvalue weighted by Gasteiger charge is -2.20. The lowest BCUT2D eigenvalue weighted by Crippen LogP contribution is -2.33. The van der Waals surface area contributed by atoms with Crippen molar-refractivity contribution >= 4 is 5.91 Å². The molecule has 1 amide bonds. The van der Waals surface area contributed by atoms with Crippen LogP contribution in [0.4, 0.5) is 13.2 Å². The number of hydrogen-bond acceptors (Lipinski definition) is 2. The first-order valence-electron chi connectivity index (χ1n) is 7.97. The van der Waals surface area contributed by atoms with E-state index in [-0.39, 0.29) is 17.6 Å². The first kappa shape index (κ1) is 16.1. The monoisotopic (exact) mass is 327 g/mol. The molecule has 23 heavy (non-hydrogen) atoms. The molecule has 2 saturated carbocycles. The van der Waals surface area contributed by atoms with Gasteiger partial charge in [-0.25, -0.2) is 0 Å². The van der Waals surface area contributed by atoms with Gasteiger partial charge in [0, 0.05) is 12.5 Å². The molecule has 0 radical (unpaired) electrons. The molecule has 2 aliphatic carbocycles. The largest absolute Gasteiger partial charge is 0.484 e. The Balaban J connectivity index is 1.51. The molecular formula is C17H20F3NO2. The van der Waals surface area contributed by atoms with Crippen LogP contribution in [0.2, 0.25) is 0 Å². The Kier molecular flexibility index (Phi) is 4.50. The Hall–Kier alpha value is -1.72. The van der Waals surface area contributed by atoms with Crippen molar-refractivity contribution in [2.75, 3.05) is 6.61 Å². The van der Waals surface area contributed by atoms with Gasteiger partial charge in [0.1, 0.15) is 5.75 Å². The van der Waals surface area contributed by atoms with Crippen LogP contribution in [0.15, 0.2) is 24.3 Å². The van der Waals surface area contributed by atoms with Crippen LogP contribution >= 0.6 is 0 Å². The van der Waals surface area contributed by atoms with E-state index < -0.39 is 12.8 Å². The summed E-state index contributed by atoms with van der Waals surface area (Å²) in [5.74, 6) is 1.56. The minimum atomic E-state index is -4.36. The van der Waals surface area contributed by atoms with Gasteiger partial charge in [-0.2, -0.15) is 13.2 Å². The fourth-order valence-corrected chi connectivity index (χ4v) is 3.80. The third-order valence-corrected chi connectivity index (χ3v) is 4.84. The second kappa shape index (κ2) is 6.42. The number of nitrogens with one attached hydrogen (secondary N) is 1. The van der Waals surface area contributed by atoms with Crippen molar-refractivity contribution in [2.24, 2.45) is 17.8 Å². The van der Waals surface area contributed by atoms with Gasteiger partial charge in [0.05, 0.1) is 0 Å². The highest BCUT2D eigenvalue weighted by Crippen LogP contribution is 2.48. The number of rotatable bonds is 5.